The second kappa shape index (κ2) is 5.66. The van der Waals surface area contributed by atoms with Crippen molar-refractivity contribution in [1.29, 1.82) is 0 Å². The molecule has 0 radical (unpaired) electrons. The van der Waals surface area contributed by atoms with Crippen molar-refractivity contribution in [3.8, 4) is 0 Å². The number of hydrogen-bond acceptors (Lipinski definition) is 4. The molecule has 1 aromatic heterocycles. The van der Waals surface area contributed by atoms with Gasteiger partial charge in [-0.3, -0.25) is 0 Å². The van der Waals surface area contributed by atoms with E-state index in [9.17, 15) is 4.39 Å². The predicted octanol–water partition coefficient (Wildman–Crippen LogP) is 3.66. The van der Waals surface area contributed by atoms with E-state index >= 15 is 0 Å². The first-order valence-electron chi connectivity index (χ1n) is 5.02. The van der Waals surface area contributed by atoms with Crippen molar-refractivity contribution >= 4 is 51.6 Å². The lowest BCUT2D eigenvalue weighted by Crippen LogP contribution is -2.02. The lowest BCUT2D eigenvalue weighted by atomic mass is 10.3. The molecule has 0 bridgehead atoms. The summed E-state index contributed by atoms with van der Waals surface area (Å²) in [5, 5.41) is 6.26. The summed E-state index contributed by atoms with van der Waals surface area (Å²) in [5.41, 5.74) is 0.736. The molecule has 1 aromatic carbocycles. The highest BCUT2D eigenvalue weighted by molar-refractivity contribution is 14.1. The Morgan fingerprint density at radius 3 is 2.83 bits per heavy atom. The topological polar surface area (TPSA) is 49.8 Å². The van der Waals surface area contributed by atoms with Gasteiger partial charge in [-0.1, -0.05) is 11.6 Å². The standard InChI is InChI=1S/C11H9ClFIN4/c1-15-11-16-5-7(12)10(18-11)17-9-3-2-6(13)4-8(9)14/h2-5H,1H3,(H2,15,16,17,18). The van der Waals surface area contributed by atoms with Crippen molar-refractivity contribution in [1.82, 2.24) is 9.97 Å². The van der Waals surface area contributed by atoms with E-state index in [2.05, 4.69) is 20.6 Å². The Bertz CT molecular complexity index is 579. The Morgan fingerprint density at radius 2 is 2.17 bits per heavy atom. The van der Waals surface area contributed by atoms with Gasteiger partial charge < -0.3 is 10.6 Å². The first kappa shape index (κ1) is 13.3. The number of hydrogen-bond donors (Lipinski definition) is 2. The van der Waals surface area contributed by atoms with Gasteiger partial charge >= 0.3 is 0 Å². The Labute approximate surface area is 122 Å². The second-order valence-electron chi connectivity index (χ2n) is 3.39. The highest BCUT2D eigenvalue weighted by Gasteiger charge is 2.07. The molecular formula is C11H9ClFIN4. The average Bonchev–Trinajstić information content (AvgIpc) is 2.35. The van der Waals surface area contributed by atoms with Crippen molar-refractivity contribution < 1.29 is 4.39 Å². The molecule has 0 atom stereocenters. The number of anilines is 3. The first-order chi connectivity index (χ1) is 8.60. The van der Waals surface area contributed by atoms with E-state index in [-0.39, 0.29) is 5.82 Å². The SMILES string of the molecule is CNc1ncc(Cl)c(Nc2ccc(F)cc2I)n1. The van der Waals surface area contributed by atoms with Gasteiger partial charge in [-0.2, -0.15) is 4.98 Å². The van der Waals surface area contributed by atoms with Crippen LogP contribution in [-0.4, -0.2) is 17.0 Å². The lowest BCUT2D eigenvalue weighted by Gasteiger charge is -2.10. The molecule has 0 fully saturated rings. The molecule has 1 heterocycles. The summed E-state index contributed by atoms with van der Waals surface area (Å²) < 4.78 is 13.7. The molecule has 7 heteroatoms. The zero-order chi connectivity index (χ0) is 13.1. The predicted molar refractivity (Wildman–Crippen MR) is 79.0 cm³/mol. The van der Waals surface area contributed by atoms with Gasteiger partial charge in [-0.15, -0.1) is 0 Å². The van der Waals surface area contributed by atoms with E-state index in [0.29, 0.717) is 16.8 Å². The van der Waals surface area contributed by atoms with Crippen LogP contribution in [0.4, 0.5) is 21.8 Å². The van der Waals surface area contributed by atoms with Crippen LogP contribution >= 0.6 is 34.2 Å². The van der Waals surface area contributed by atoms with Crippen LogP contribution in [0.5, 0.6) is 0 Å². The number of nitrogens with one attached hydrogen (secondary N) is 2. The van der Waals surface area contributed by atoms with Gasteiger partial charge in [0.05, 0.1) is 11.9 Å². The average molecular weight is 379 g/mol. The third kappa shape index (κ3) is 2.99. The molecule has 0 unspecified atom stereocenters. The fourth-order valence-electron chi connectivity index (χ4n) is 1.29. The van der Waals surface area contributed by atoms with Gasteiger partial charge in [-0.05, 0) is 40.8 Å². The Balaban J connectivity index is 2.33. The summed E-state index contributed by atoms with van der Waals surface area (Å²) in [6.07, 6.45) is 1.50. The third-order valence-corrected chi connectivity index (χ3v) is 3.32. The summed E-state index contributed by atoms with van der Waals surface area (Å²) in [7, 11) is 1.72. The highest BCUT2D eigenvalue weighted by atomic mass is 127. The number of halogens is 3. The van der Waals surface area contributed by atoms with Gasteiger partial charge in [0.1, 0.15) is 10.8 Å². The number of aromatic nitrogens is 2. The molecule has 0 saturated carbocycles. The van der Waals surface area contributed by atoms with Gasteiger partial charge in [0.15, 0.2) is 5.82 Å². The molecule has 2 N–H and O–H groups in total. The minimum Gasteiger partial charge on any atom is -0.357 e. The summed E-state index contributed by atoms with van der Waals surface area (Å²) in [5.74, 6) is 0.647. The largest absolute Gasteiger partial charge is 0.357 e. The van der Waals surface area contributed by atoms with Crippen molar-refractivity contribution in [2.75, 3.05) is 17.7 Å². The maximum absolute atomic E-state index is 13.0. The van der Waals surface area contributed by atoms with E-state index in [1.807, 2.05) is 22.6 Å². The van der Waals surface area contributed by atoms with Crippen LogP contribution in [0.15, 0.2) is 24.4 Å². The van der Waals surface area contributed by atoms with E-state index in [1.165, 1.54) is 18.3 Å². The fourth-order valence-corrected chi connectivity index (χ4v) is 2.04. The van der Waals surface area contributed by atoms with Gasteiger partial charge in [0, 0.05) is 10.6 Å². The third-order valence-electron chi connectivity index (χ3n) is 2.15. The van der Waals surface area contributed by atoms with Crippen molar-refractivity contribution in [3.05, 3.63) is 38.8 Å². The summed E-state index contributed by atoms with van der Waals surface area (Å²) in [6, 6.07) is 4.43. The Morgan fingerprint density at radius 1 is 1.39 bits per heavy atom. The Kier molecular flexibility index (Phi) is 4.18. The van der Waals surface area contributed by atoms with Crippen LogP contribution in [0, 0.1) is 9.39 Å². The van der Waals surface area contributed by atoms with E-state index in [0.717, 1.165) is 9.26 Å². The van der Waals surface area contributed by atoms with Gasteiger partial charge in [-0.25, -0.2) is 9.37 Å². The van der Waals surface area contributed by atoms with Crippen LogP contribution in [0.2, 0.25) is 5.02 Å². The molecule has 4 nitrogen and oxygen atoms in total. The van der Waals surface area contributed by atoms with Crippen molar-refractivity contribution in [3.63, 3.8) is 0 Å². The molecule has 94 valence electrons. The van der Waals surface area contributed by atoms with Crippen molar-refractivity contribution in [2.24, 2.45) is 0 Å². The van der Waals surface area contributed by atoms with E-state index < -0.39 is 0 Å². The van der Waals surface area contributed by atoms with Crippen LogP contribution in [0.25, 0.3) is 0 Å². The number of rotatable bonds is 3. The molecule has 0 amide bonds. The normalized spacial score (nSPS) is 10.2. The van der Waals surface area contributed by atoms with Crippen LogP contribution in [0.1, 0.15) is 0 Å². The number of benzene rings is 1. The molecule has 0 spiro atoms. The minimum atomic E-state index is -0.283. The van der Waals surface area contributed by atoms with Crippen LogP contribution in [-0.2, 0) is 0 Å². The maximum Gasteiger partial charge on any atom is 0.224 e. The highest BCUT2D eigenvalue weighted by Crippen LogP contribution is 2.27. The molecule has 2 rings (SSSR count). The maximum atomic E-state index is 13.0. The minimum absolute atomic E-state index is 0.283. The molecule has 0 saturated heterocycles. The van der Waals surface area contributed by atoms with Crippen LogP contribution in [0.3, 0.4) is 0 Å². The van der Waals surface area contributed by atoms with Crippen molar-refractivity contribution in [2.45, 2.75) is 0 Å². The molecule has 0 aliphatic carbocycles. The zero-order valence-corrected chi connectivity index (χ0v) is 12.3. The quantitative estimate of drug-likeness (QED) is 0.801. The molecule has 0 aliphatic heterocycles. The van der Waals surface area contributed by atoms with Crippen LogP contribution < -0.4 is 10.6 Å². The summed E-state index contributed by atoms with van der Waals surface area (Å²) in [4.78, 5) is 8.17. The summed E-state index contributed by atoms with van der Waals surface area (Å²) in [6.45, 7) is 0. The van der Waals surface area contributed by atoms with E-state index in [4.69, 9.17) is 11.6 Å². The molecule has 2 aromatic rings. The molecular weight excluding hydrogens is 370 g/mol. The molecule has 18 heavy (non-hydrogen) atoms. The van der Waals surface area contributed by atoms with E-state index in [1.54, 1.807) is 13.1 Å². The smallest absolute Gasteiger partial charge is 0.224 e. The summed E-state index contributed by atoms with van der Waals surface area (Å²) >= 11 is 8.03. The monoisotopic (exact) mass is 378 g/mol. The number of nitrogens with zero attached hydrogens (tertiary/aromatic N) is 2. The lowest BCUT2D eigenvalue weighted by molar-refractivity contribution is 0.627. The zero-order valence-electron chi connectivity index (χ0n) is 9.34. The van der Waals surface area contributed by atoms with Gasteiger partial charge in [0.2, 0.25) is 5.95 Å². The fraction of sp³-hybridized carbons (Fsp3) is 0.0909. The molecule has 0 aliphatic rings. The second-order valence-corrected chi connectivity index (χ2v) is 4.96. The Hall–Kier alpha value is -1.15. The first-order valence-corrected chi connectivity index (χ1v) is 6.48. The van der Waals surface area contributed by atoms with Gasteiger partial charge in [0.25, 0.3) is 0 Å².